The van der Waals surface area contributed by atoms with Crippen LogP contribution in [0.1, 0.15) is 23.9 Å². The molecular weight excluding hydrogens is 302 g/mol. The molecule has 120 valence electrons. The smallest absolute Gasteiger partial charge is 0.287 e. The zero-order valence-electron chi connectivity index (χ0n) is 13.0. The molecule has 1 atom stereocenters. The lowest BCUT2D eigenvalue weighted by Gasteiger charge is -2.22. The number of carbonyl (C=O) groups excluding carboxylic acids is 1. The van der Waals surface area contributed by atoms with Crippen LogP contribution < -0.4 is 10.1 Å². The molecule has 0 radical (unpaired) electrons. The number of furan rings is 1. The minimum absolute atomic E-state index is 0.181. The lowest BCUT2D eigenvalue weighted by Crippen LogP contribution is -2.40. The molecule has 1 aromatic heterocycles. The Bertz CT molecular complexity index is 651. The Morgan fingerprint density at radius 1 is 1.50 bits per heavy atom. The van der Waals surface area contributed by atoms with Crippen molar-refractivity contribution in [2.24, 2.45) is 0 Å². The highest BCUT2D eigenvalue weighted by Gasteiger charge is 2.22. The molecule has 0 bridgehead atoms. The third-order valence-corrected chi connectivity index (χ3v) is 4.04. The van der Waals surface area contributed by atoms with E-state index >= 15 is 0 Å². The standard InChI is InChI=1S/C16H21NO4S/c1-16(19,7-8-22-3)10-17-15(18)13-9-11-5-4-6-12(20-2)14(11)21-13/h4-6,9,19H,7-8,10H2,1-3H3,(H,17,18)/t16-/m1/s1. The fourth-order valence-electron chi connectivity index (χ4n) is 2.08. The van der Waals surface area contributed by atoms with Crippen LogP contribution in [0.4, 0.5) is 0 Å². The first-order chi connectivity index (χ1) is 10.5. The van der Waals surface area contributed by atoms with E-state index in [-0.39, 0.29) is 18.2 Å². The minimum atomic E-state index is -0.928. The zero-order chi connectivity index (χ0) is 16.2. The molecular formula is C16H21NO4S. The van der Waals surface area contributed by atoms with Crippen LogP contribution in [0.3, 0.4) is 0 Å². The molecule has 0 unspecified atom stereocenters. The molecule has 1 heterocycles. The van der Waals surface area contributed by atoms with Crippen LogP contribution in [-0.2, 0) is 0 Å². The highest BCUT2D eigenvalue weighted by atomic mass is 32.2. The van der Waals surface area contributed by atoms with E-state index in [4.69, 9.17) is 9.15 Å². The van der Waals surface area contributed by atoms with Crippen LogP contribution >= 0.6 is 11.8 Å². The molecule has 22 heavy (non-hydrogen) atoms. The lowest BCUT2D eigenvalue weighted by molar-refractivity contribution is 0.0521. The quantitative estimate of drug-likeness (QED) is 0.819. The van der Waals surface area contributed by atoms with Crippen molar-refractivity contribution in [3.05, 3.63) is 30.0 Å². The highest BCUT2D eigenvalue weighted by molar-refractivity contribution is 7.98. The fourth-order valence-corrected chi connectivity index (χ4v) is 2.72. The number of methoxy groups -OCH3 is 1. The summed E-state index contributed by atoms with van der Waals surface area (Å²) in [5.41, 5.74) is -0.383. The van der Waals surface area contributed by atoms with E-state index in [9.17, 15) is 9.90 Å². The molecule has 0 aliphatic heterocycles. The monoisotopic (exact) mass is 323 g/mol. The van der Waals surface area contributed by atoms with Crippen LogP contribution in [0.25, 0.3) is 11.0 Å². The molecule has 0 spiro atoms. The minimum Gasteiger partial charge on any atom is -0.493 e. The summed E-state index contributed by atoms with van der Waals surface area (Å²) in [6, 6.07) is 7.14. The van der Waals surface area contributed by atoms with E-state index in [0.29, 0.717) is 17.8 Å². The van der Waals surface area contributed by atoms with Gasteiger partial charge in [-0.25, -0.2) is 0 Å². The number of ether oxygens (including phenoxy) is 1. The maximum Gasteiger partial charge on any atom is 0.287 e. The summed E-state index contributed by atoms with van der Waals surface area (Å²) in [5.74, 6) is 1.29. The number of fused-ring (bicyclic) bond motifs is 1. The number of aliphatic hydroxyl groups is 1. The first-order valence-corrected chi connectivity index (χ1v) is 8.42. The topological polar surface area (TPSA) is 71.7 Å². The normalized spacial score (nSPS) is 13.8. The van der Waals surface area contributed by atoms with Crippen molar-refractivity contribution in [2.45, 2.75) is 18.9 Å². The van der Waals surface area contributed by atoms with Gasteiger partial charge in [0.15, 0.2) is 17.1 Å². The molecule has 1 aromatic carbocycles. The summed E-state index contributed by atoms with van der Waals surface area (Å²) < 4.78 is 10.8. The number of thioether (sulfide) groups is 1. The third kappa shape index (κ3) is 3.96. The molecule has 2 rings (SSSR count). The molecule has 0 fully saturated rings. The van der Waals surface area contributed by atoms with Gasteiger partial charge in [0.05, 0.1) is 12.7 Å². The van der Waals surface area contributed by atoms with E-state index in [0.717, 1.165) is 11.1 Å². The predicted molar refractivity (Wildman–Crippen MR) is 88.7 cm³/mol. The first kappa shape index (κ1) is 16.7. The SMILES string of the molecule is COc1cccc2cc(C(=O)NC[C@](C)(O)CCSC)oc12. The summed E-state index contributed by atoms with van der Waals surface area (Å²) in [6.45, 7) is 1.89. The number of rotatable bonds is 7. The van der Waals surface area contributed by atoms with Gasteiger partial charge in [0.1, 0.15) is 0 Å². The first-order valence-electron chi connectivity index (χ1n) is 7.03. The van der Waals surface area contributed by atoms with Crippen LogP contribution in [0, 0.1) is 0 Å². The Morgan fingerprint density at radius 2 is 2.27 bits per heavy atom. The van der Waals surface area contributed by atoms with Gasteiger partial charge in [-0.3, -0.25) is 4.79 Å². The molecule has 0 saturated heterocycles. The second-order valence-corrected chi connectivity index (χ2v) is 6.40. The average Bonchev–Trinajstić information content (AvgIpc) is 2.94. The van der Waals surface area contributed by atoms with Crippen molar-refractivity contribution >= 4 is 28.6 Å². The molecule has 2 aromatic rings. The summed E-state index contributed by atoms with van der Waals surface area (Å²) in [7, 11) is 1.56. The highest BCUT2D eigenvalue weighted by Crippen LogP contribution is 2.28. The number of nitrogens with one attached hydrogen (secondary N) is 1. The summed E-state index contributed by atoms with van der Waals surface area (Å²) in [6.07, 6.45) is 2.60. The van der Waals surface area contributed by atoms with Gasteiger partial charge in [-0.1, -0.05) is 12.1 Å². The van der Waals surface area contributed by atoms with Crippen LogP contribution in [0.5, 0.6) is 5.75 Å². The Kier molecular flexibility index (Phi) is 5.37. The Hall–Kier alpha value is -1.66. The largest absolute Gasteiger partial charge is 0.493 e. The number of hydrogen-bond donors (Lipinski definition) is 2. The number of hydrogen-bond acceptors (Lipinski definition) is 5. The van der Waals surface area contributed by atoms with Gasteiger partial charge in [0.2, 0.25) is 0 Å². The molecule has 0 aliphatic rings. The molecule has 1 amide bonds. The van der Waals surface area contributed by atoms with E-state index in [2.05, 4.69) is 5.32 Å². The van der Waals surface area contributed by atoms with Gasteiger partial charge in [-0.2, -0.15) is 11.8 Å². The van der Waals surface area contributed by atoms with Crippen molar-refractivity contribution < 1.29 is 19.1 Å². The second-order valence-electron chi connectivity index (χ2n) is 5.41. The summed E-state index contributed by atoms with van der Waals surface area (Å²) in [5, 5.41) is 13.7. The van der Waals surface area contributed by atoms with Gasteiger partial charge < -0.3 is 19.6 Å². The molecule has 6 heteroatoms. The number of amides is 1. The van der Waals surface area contributed by atoms with Gasteiger partial charge in [-0.15, -0.1) is 0 Å². The Labute approximate surface area is 134 Å². The molecule has 0 saturated carbocycles. The van der Waals surface area contributed by atoms with Gasteiger partial charge >= 0.3 is 0 Å². The van der Waals surface area contributed by atoms with Crippen molar-refractivity contribution in [1.29, 1.82) is 0 Å². The average molecular weight is 323 g/mol. The van der Waals surface area contributed by atoms with E-state index in [1.54, 1.807) is 37.9 Å². The Balaban J connectivity index is 2.07. The zero-order valence-corrected chi connectivity index (χ0v) is 13.8. The van der Waals surface area contributed by atoms with Crippen molar-refractivity contribution in [2.75, 3.05) is 25.7 Å². The Morgan fingerprint density at radius 3 is 2.95 bits per heavy atom. The molecule has 2 N–H and O–H groups in total. The van der Waals surface area contributed by atoms with Crippen molar-refractivity contribution in [1.82, 2.24) is 5.32 Å². The maximum atomic E-state index is 12.2. The van der Waals surface area contributed by atoms with Crippen molar-refractivity contribution in [3.8, 4) is 5.75 Å². The number of carbonyl (C=O) groups is 1. The van der Waals surface area contributed by atoms with E-state index in [1.807, 2.05) is 18.4 Å². The number of benzene rings is 1. The van der Waals surface area contributed by atoms with Crippen LogP contribution in [-0.4, -0.2) is 42.3 Å². The molecule has 0 aliphatic carbocycles. The lowest BCUT2D eigenvalue weighted by atomic mass is 10.0. The van der Waals surface area contributed by atoms with Crippen LogP contribution in [0.15, 0.2) is 28.7 Å². The maximum absolute atomic E-state index is 12.2. The van der Waals surface area contributed by atoms with Gasteiger partial charge in [0, 0.05) is 11.9 Å². The van der Waals surface area contributed by atoms with E-state index in [1.165, 1.54) is 0 Å². The van der Waals surface area contributed by atoms with Crippen molar-refractivity contribution in [3.63, 3.8) is 0 Å². The fraction of sp³-hybridized carbons (Fsp3) is 0.438. The predicted octanol–water partition coefficient (Wildman–Crippen LogP) is 2.68. The second kappa shape index (κ2) is 7.07. The number of para-hydroxylation sites is 1. The van der Waals surface area contributed by atoms with Gasteiger partial charge in [-0.05, 0) is 37.5 Å². The summed E-state index contributed by atoms with van der Waals surface area (Å²) >= 11 is 1.66. The van der Waals surface area contributed by atoms with E-state index < -0.39 is 5.60 Å². The summed E-state index contributed by atoms with van der Waals surface area (Å²) in [4.78, 5) is 12.2. The third-order valence-electron chi connectivity index (χ3n) is 3.43. The van der Waals surface area contributed by atoms with Gasteiger partial charge in [0.25, 0.3) is 5.91 Å². The van der Waals surface area contributed by atoms with Crippen LogP contribution in [0.2, 0.25) is 0 Å². The molecule has 5 nitrogen and oxygen atoms in total.